The maximum absolute atomic E-state index is 12.2. The summed E-state index contributed by atoms with van der Waals surface area (Å²) in [6, 6.07) is 8.65. The standard InChI is InChI=1S/C21H27N7O3/c1-13-10-14(2)28(27-13)20-12-19(24-15(3)25-20)22-8-9-23-21(29)26-17-11-16(30-4)6-7-18(17)31-5/h6-7,10-12H,8-9H2,1-5H3,(H,22,24,25)(H2,23,26,29). The molecule has 164 valence electrons. The minimum atomic E-state index is -0.351. The quantitative estimate of drug-likeness (QED) is 0.475. The average molecular weight is 425 g/mol. The van der Waals surface area contributed by atoms with Crippen molar-refractivity contribution in [2.45, 2.75) is 20.8 Å². The van der Waals surface area contributed by atoms with Crippen LogP contribution in [-0.2, 0) is 0 Å². The maximum atomic E-state index is 12.2. The molecule has 31 heavy (non-hydrogen) atoms. The van der Waals surface area contributed by atoms with Gasteiger partial charge in [0.15, 0.2) is 5.82 Å². The van der Waals surface area contributed by atoms with Crippen molar-refractivity contribution in [3.8, 4) is 17.3 Å². The van der Waals surface area contributed by atoms with E-state index in [1.54, 1.807) is 37.1 Å². The number of hydrogen-bond donors (Lipinski definition) is 3. The lowest BCUT2D eigenvalue weighted by Gasteiger charge is -2.13. The molecular weight excluding hydrogens is 398 g/mol. The zero-order valence-electron chi connectivity index (χ0n) is 18.3. The molecule has 3 aromatic rings. The van der Waals surface area contributed by atoms with Crippen LogP contribution in [0, 0.1) is 20.8 Å². The molecule has 2 heterocycles. The molecule has 0 bridgehead atoms. The van der Waals surface area contributed by atoms with Gasteiger partial charge >= 0.3 is 6.03 Å². The van der Waals surface area contributed by atoms with Gasteiger partial charge in [-0.25, -0.2) is 19.4 Å². The van der Waals surface area contributed by atoms with E-state index in [9.17, 15) is 4.79 Å². The molecule has 0 fully saturated rings. The highest BCUT2D eigenvalue weighted by Crippen LogP contribution is 2.28. The minimum Gasteiger partial charge on any atom is -0.497 e. The summed E-state index contributed by atoms with van der Waals surface area (Å²) in [6.07, 6.45) is 0. The first-order chi connectivity index (χ1) is 14.9. The summed E-state index contributed by atoms with van der Waals surface area (Å²) in [5, 5.41) is 13.2. The van der Waals surface area contributed by atoms with Crippen LogP contribution in [0.15, 0.2) is 30.3 Å². The van der Waals surface area contributed by atoms with Gasteiger partial charge in [-0.15, -0.1) is 0 Å². The van der Waals surface area contributed by atoms with E-state index in [0.29, 0.717) is 47.7 Å². The zero-order chi connectivity index (χ0) is 22.4. The first kappa shape index (κ1) is 21.9. The highest BCUT2D eigenvalue weighted by Gasteiger charge is 2.10. The zero-order valence-corrected chi connectivity index (χ0v) is 18.3. The third kappa shape index (κ3) is 5.62. The van der Waals surface area contributed by atoms with Gasteiger partial charge in [-0.05, 0) is 39.0 Å². The highest BCUT2D eigenvalue weighted by molar-refractivity contribution is 5.91. The lowest BCUT2D eigenvalue weighted by Crippen LogP contribution is -2.32. The van der Waals surface area contributed by atoms with Crippen molar-refractivity contribution in [1.82, 2.24) is 25.1 Å². The number of aromatic nitrogens is 4. The van der Waals surface area contributed by atoms with Crippen LogP contribution in [0.4, 0.5) is 16.3 Å². The summed E-state index contributed by atoms with van der Waals surface area (Å²) in [5.41, 5.74) is 2.44. The van der Waals surface area contributed by atoms with Crippen molar-refractivity contribution in [1.29, 1.82) is 0 Å². The Labute approximate surface area is 181 Å². The van der Waals surface area contributed by atoms with Crippen molar-refractivity contribution in [2.24, 2.45) is 0 Å². The van der Waals surface area contributed by atoms with E-state index in [1.165, 1.54) is 0 Å². The molecule has 0 aliphatic heterocycles. The molecule has 0 aliphatic carbocycles. The molecule has 10 heteroatoms. The van der Waals surface area contributed by atoms with Gasteiger partial charge in [-0.3, -0.25) is 0 Å². The molecule has 0 aliphatic rings. The third-order valence-corrected chi connectivity index (χ3v) is 4.42. The topological polar surface area (TPSA) is 115 Å². The number of carbonyl (C=O) groups excluding carboxylic acids is 1. The summed E-state index contributed by atoms with van der Waals surface area (Å²) in [5.74, 6) is 3.14. The number of aryl methyl sites for hydroxylation is 3. The third-order valence-electron chi connectivity index (χ3n) is 4.42. The normalized spacial score (nSPS) is 10.5. The van der Waals surface area contributed by atoms with E-state index < -0.39 is 0 Å². The van der Waals surface area contributed by atoms with Crippen LogP contribution in [0.2, 0.25) is 0 Å². The molecule has 2 aromatic heterocycles. The summed E-state index contributed by atoms with van der Waals surface area (Å²) in [6.45, 7) is 6.61. The van der Waals surface area contributed by atoms with Crippen LogP contribution in [0.1, 0.15) is 17.2 Å². The SMILES string of the molecule is COc1ccc(OC)c(NC(=O)NCCNc2cc(-n3nc(C)cc3C)nc(C)n2)c1. The Balaban J connectivity index is 1.55. The molecule has 0 atom stereocenters. The van der Waals surface area contributed by atoms with Gasteiger partial charge in [-0.2, -0.15) is 5.10 Å². The number of nitrogens with zero attached hydrogens (tertiary/aromatic N) is 4. The van der Waals surface area contributed by atoms with E-state index in [2.05, 4.69) is 31.0 Å². The maximum Gasteiger partial charge on any atom is 0.319 e. The minimum absolute atomic E-state index is 0.351. The molecule has 1 aromatic carbocycles. The summed E-state index contributed by atoms with van der Waals surface area (Å²) < 4.78 is 12.2. The summed E-state index contributed by atoms with van der Waals surface area (Å²) in [7, 11) is 3.10. The van der Waals surface area contributed by atoms with E-state index in [4.69, 9.17) is 9.47 Å². The number of benzene rings is 1. The summed E-state index contributed by atoms with van der Waals surface area (Å²) >= 11 is 0. The fraction of sp³-hybridized carbons (Fsp3) is 0.333. The Kier molecular flexibility index (Phi) is 6.91. The van der Waals surface area contributed by atoms with Gasteiger partial charge < -0.3 is 25.4 Å². The fourth-order valence-electron chi connectivity index (χ4n) is 3.06. The Morgan fingerprint density at radius 1 is 1.03 bits per heavy atom. The second kappa shape index (κ2) is 9.79. The van der Waals surface area contributed by atoms with Crippen molar-refractivity contribution in [2.75, 3.05) is 37.9 Å². The van der Waals surface area contributed by atoms with Crippen LogP contribution in [-0.4, -0.2) is 53.1 Å². The Bertz CT molecular complexity index is 1070. The predicted octanol–water partition coefficient (Wildman–Crippen LogP) is 2.84. The number of amides is 2. The number of anilines is 2. The van der Waals surface area contributed by atoms with Gasteiger partial charge in [0, 0.05) is 30.9 Å². The van der Waals surface area contributed by atoms with Crippen LogP contribution >= 0.6 is 0 Å². The van der Waals surface area contributed by atoms with Gasteiger partial charge in [0.05, 0.1) is 25.6 Å². The second-order valence-corrected chi connectivity index (χ2v) is 6.87. The number of methoxy groups -OCH3 is 2. The van der Waals surface area contributed by atoms with Gasteiger partial charge in [0.25, 0.3) is 0 Å². The van der Waals surface area contributed by atoms with E-state index in [-0.39, 0.29) is 6.03 Å². The smallest absolute Gasteiger partial charge is 0.319 e. The molecule has 0 unspecified atom stereocenters. The molecule has 3 rings (SSSR count). The average Bonchev–Trinajstić information content (AvgIpc) is 3.08. The van der Waals surface area contributed by atoms with Gasteiger partial charge in [0.1, 0.15) is 23.1 Å². The number of nitrogens with one attached hydrogen (secondary N) is 3. The van der Waals surface area contributed by atoms with E-state index in [1.807, 2.05) is 32.9 Å². The van der Waals surface area contributed by atoms with Gasteiger partial charge in [0.2, 0.25) is 0 Å². The van der Waals surface area contributed by atoms with Crippen molar-refractivity contribution < 1.29 is 14.3 Å². The van der Waals surface area contributed by atoms with Gasteiger partial charge in [-0.1, -0.05) is 0 Å². The Morgan fingerprint density at radius 3 is 2.52 bits per heavy atom. The van der Waals surface area contributed by atoms with E-state index >= 15 is 0 Å². The lowest BCUT2D eigenvalue weighted by molar-refractivity contribution is 0.252. The number of ether oxygens (including phenoxy) is 2. The molecule has 2 amide bonds. The first-order valence-electron chi connectivity index (χ1n) is 9.79. The lowest BCUT2D eigenvalue weighted by atomic mass is 10.2. The Hall–Kier alpha value is -3.82. The number of hydrogen-bond acceptors (Lipinski definition) is 7. The van der Waals surface area contributed by atoms with Crippen molar-refractivity contribution >= 4 is 17.5 Å². The van der Waals surface area contributed by atoms with Crippen LogP contribution in [0.25, 0.3) is 5.82 Å². The monoisotopic (exact) mass is 425 g/mol. The predicted molar refractivity (Wildman–Crippen MR) is 118 cm³/mol. The number of carbonyl (C=O) groups is 1. The molecular formula is C21H27N7O3. The largest absolute Gasteiger partial charge is 0.497 e. The van der Waals surface area contributed by atoms with E-state index in [0.717, 1.165) is 11.4 Å². The highest BCUT2D eigenvalue weighted by atomic mass is 16.5. The number of rotatable bonds is 8. The van der Waals surface area contributed by atoms with Crippen molar-refractivity contribution in [3.63, 3.8) is 0 Å². The van der Waals surface area contributed by atoms with Crippen LogP contribution < -0.4 is 25.4 Å². The molecule has 3 N–H and O–H groups in total. The summed E-state index contributed by atoms with van der Waals surface area (Å²) in [4.78, 5) is 21.1. The van der Waals surface area contributed by atoms with Crippen LogP contribution in [0.3, 0.4) is 0 Å². The van der Waals surface area contributed by atoms with Crippen molar-refractivity contribution in [3.05, 3.63) is 47.5 Å². The Morgan fingerprint density at radius 2 is 1.84 bits per heavy atom. The second-order valence-electron chi connectivity index (χ2n) is 6.87. The fourth-order valence-corrected chi connectivity index (χ4v) is 3.06. The molecule has 0 radical (unpaired) electrons. The molecule has 10 nitrogen and oxygen atoms in total. The first-order valence-corrected chi connectivity index (χ1v) is 9.79. The molecule has 0 saturated heterocycles. The number of urea groups is 1. The van der Waals surface area contributed by atoms with Crippen LogP contribution in [0.5, 0.6) is 11.5 Å². The molecule has 0 spiro atoms. The molecule has 0 saturated carbocycles.